The van der Waals surface area contributed by atoms with Crippen molar-refractivity contribution in [3.63, 3.8) is 0 Å². The quantitative estimate of drug-likeness (QED) is 0.727. The number of nitrogens with zero attached hydrogens (tertiary/aromatic N) is 2. The fourth-order valence-corrected chi connectivity index (χ4v) is 2.61. The first-order valence-corrected chi connectivity index (χ1v) is 8.35. The summed E-state index contributed by atoms with van der Waals surface area (Å²) in [5.74, 6) is 0.257. The highest BCUT2D eigenvalue weighted by atomic mass is 16.5. The molecule has 20 heavy (non-hydrogen) atoms. The third-order valence-electron chi connectivity index (χ3n) is 3.94. The maximum Gasteiger partial charge on any atom is 0.222 e. The summed E-state index contributed by atoms with van der Waals surface area (Å²) in [7, 11) is 0. The number of ether oxygens (including phenoxy) is 1. The van der Waals surface area contributed by atoms with Crippen molar-refractivity contribution in [3.05, 3.63) is 0 Å². The maximum absolute atomic E-state index is 11.8. The van der Waals surface area contributed by atoms with E-state index >= 15 is 0 Å². The van der Waals surface area contributed by atoms with Crippen LogP contribution in [0.2, 0.25) is 0 Å². The highest BCUT2D eigenvalue weighted by Crippen LogP contribution is 2.05. The van der Waals surface area contributed by atoms with Crippen molar-refractivity contribution >= 4 is 5.91 Å². The smallest absolute Gasteiger partial charge is 0.222 e. The van der Waals surface area contributed by atoms with Crippen LogP contribution < -0.4 is 0 Å². The molecule has 0 N–H and O–H groups in total. The number of unbranched alkanes of at least 4 members (excludes halogenated alkanes) is 2. The van der Waals surface area contributed by atoms with Crippen LogP contribution in [0.3, 0.4) is 0 Å². The molecular formula is C16H32N2O2. The van der Waals surface area contributed by atoms with Gasteiger partial charge in [-0.05, 0) is 32.4 Å². The molecule has 0 aromatic carbocycles. The fraction of sp³-hybridized carbons (Fsp3) is 0.938. The number of carbonyl (C=O) groups is 1. The van der Waals surface area contributed by atoms with Crippen LogP contribution in [0.5, 0.6) is 0 Å². The highest BCUT2D eigenvalue weighted by molar-refractivity contribution is 5.75. The predicted octanol–water partition coefficient (Wildman–Crippen LogP) is 2.53. The average molecular weight is 284 g/mol. The fourth-order valence-electron chi connectivity index (χ4n) is 2.61. The molecule has 1 aliphatic rings. The molecule has 0 spiro atoms. The van der Waals surface area contributed by atoms with E-state index in [0.29, 0.717) is 13.0 Å². The van der Waals surface area contributed by atoms with Gasteiger partial charge in [-0.2, -0.15) is 0 Å². The first-order valence-electron chi connectivity index (χ1n) is 8.35. The molecule has 1 aliphatic heterocycles. The lowest BCUT2D eigenvalue weighted by Gasteiger charge is -2.22. The molecule has 1 fully saturated rings. The molecule has 0 aliphatic carbocycles. The third-order valence-corrected chi connectivity index (χ3v) is 3.94. The molecule has 1 heterocycles. The van der Waals surface area contributed by atoms with E-state index in [9.17, 15) is 4.79 Å². The minimum atomic E-state index is 0.257. The van der Waals surface area contributed by atoms with Crippen LogP contribution in [0, 0.1) is 0 Å². The zero-order chi connectivity index (χ0) is 14.6. The van der Waals surface area contributed by atoms with E-state index in [2.05, 4.69) is 11.8 Å². The number of rotatable bonds is 5. The van der Waals surface area contributed by atoms with Gasteiger partial charge in [0.1, 0.15) is 0 Å². The van der Waals surface area contributed by atoms with Crippen LogP contribution >= 0.6 is 0 Å². The molecule has 0 aromatic heterocycles. The second kappa shape index (κ2) is 11.1. The van der Waals surface area contributed by atoms with Gasteiger partial charge in [-0.15, -0.1) is 0 Å². The molecule has 0 aromatic rings. The Hall–Kier alpha value is -0.610. The molecule has 118 valence electrons. The topological polar surface area (TPSA) is 32.8 Å². The van der Waals surface area contributed by atoms with E-state index in [4.69, 9.17) is 4.74 Å². The summed E-state index contributed by atoms with van der Waals surface area (Å²) in [6.45, 7) is 10.6. The molecule has 4 nitrogen and oxygen atoms in total. The van der Waals surface area contributed by atoms with Crippen LogP contribution in [0.4, 0.5) is 0 Å². The first kappa shape index (κ1) is 17.4. The lowest BCUT2D eigenvalue weighted by atomic mass is 10.2. The van der Waals surface area contributed by atoms with Gasteiger partial charge in [0, 0.05) is 26.1 Å². The Kier molecular flexibility index (Phi) is 9.67. The van der Waals surface area contributed by atoms with Crippen molar-refractivity contribution in [1.29, 1.82) is 0 Å². The van der Waals surface area contributed by atoms with E-state index in [1.54, 1.807) is 0 Å². The van der Waals surface area contributed by atoms with Gasteiger partial charge in [-0.3, -0.25) is 4.79 Å². The Morgan fingerprint density at radius 3 is 2.50 bits per heavy atom. The minimum Gasteiger partial charge on any atom is -0.378 e. The van der Waals surface area contributed by atoms with Crippen LogP contribution in [0.1, 0.15) is 52.4 Å². The average Bonchev–Trinajstić information content (AvgIpc) is 2.52. The molecular weight excluding hydrogens is 252 g/mol. The van der Waals surface area contributed by atoms with Gasteiger partial charge in [0.25, 0.3) is 0 Å². The highest BCUT2D eigenvalue weighted by Gasteiger charge is 2.13. The van der Waals surface area contributed by atoms with Crippen molar-refractivity contribution in [2.45, 2.75) is 52.4 Å². The van der Waals surface area contributed by atoms with E-state index in [1.165, 1.54) is 32.2 Å². The van der Waals surface area contributed by atoms with Crippen molar-refractivity contribution < 1.29 is 9.53 Å². The first-order chi connectivity index (χ1) is 9.77. The Bertz CT molecular complexity index is 259. The van der Waals surface area contributed by atoms with E-state index in [-0.39, 0.29) is 5.91 Å². The number of hydrogen-bond acceptors (Lipinski definition) is 3. The van der Waals surface area contributed by atoms with Crippen molar-refractivity contribution in [2.75, 3.05) is 45.9 Å². The summed E-state index contributed by atoms with van der Waals surface area (Å²) in [6, 6.07) is 0. The molecule has 0 radical (unpaired) electrons. The number of amides is 1. The molecule has 0 unspecified atom stereocenters. The second-order valence-corrected chi connectivity index (χ2v) is 5.60. The molecule has 0 saturated carbocycles. The largest absolute Gasteiger partial charge is 0.378 e. The lowest BCUT2D eigenvalue weighted by molar-refractivity contribution is -0.131. The molecule has 4 heteroatoms. The predicted molar refractivity (Wildman–Crippen MR) is 82.9 cm³/mol. The number of hydrogen-bond donors (Lipinski definition) is 0. The summed E-state index contributed by atoms with van der Waals surface area (Å²) in [5, 5.41) is 0. The number of carbonyl (C=O) groups excluding carboxylic acids is 1. The van der Waals surface area contributed by atoms with Gasteiger partial charge in [-0.1, -0.05) is 26.7 Å². The van der Waals surface area contributed by atoms with Gasteiger partial charge in [0.15, 0.2) is 0 Å². The van der Waals surface area contributed by atoms with E-state index < -0.39 is 0 Å². The monoisotopic (exact) mass is 284 g/mol. The van der Waals surface area contributed by atoms with Crippen LogP contribution in [-0.4, -0.2) is 61.6 Å². The van der Waals surface area contributed by atoms with Gasteiger partial charge in [0.2, 0.25) is 5.91 Å². The van der Waals surface area contributed by atoms with Crippen molar-refractivity contribution in [1.82, 2.24) is 9.80 Å². The maximum atomic E-state index is 11.8. The van der Waals surface area contributed by atoms with E-state index in [1.807, 2.05) is 11.8 Å². The summed E-state index contributed by atoms with van der Waals surface area (Å²) < 4.78 is 5.69. The summed E-state index contributed by atoms with van der Waals surface area (Å²) >= 11 is 0. The van der Waals surface area contributed by atoms with Crippen molar-refractivity contribution in [3.8, 4) is 0 Å². The van der Waals surface area contributed by atoms with Crippen LogP contribution in [-0.2, 0) is 9.53 Å². The molecule has 0 bridgehead atoms. The molecule has 0 atom stereocenters. The summed E-state index contributed by atoms with van der Waals surface area (Å²) in [5.41, 5.74) is 0. The Balaban J connectivity index is 2.35. The van der Waals surface area contributed by atoms with Gasteiger partial charge < -0.3 is 14.5 Å². The zero-order valence-corrected chi connectivity index (χ0v) is 13.4. The summed E-state index contributed by atoms with van der Waals surface area (Å²) in [4.78, 5) is 16.3. The third kappa shape index (κ3) is 7.25. The Labute approximate surface area is 124 Å². The minimum absolute atomic E-state index is 0.257. The van der Waals surface area contributed by atoms with E-state index in [0.717, 1.165) is 39.2 Å². The molecule has 1 saturated heterocycles. The summed E-state index contributed by atoms with van der Waals surface area (Å²) in [6.07, 6.45) is 6.77. The lowest BCUT2D eigenvalue weighted by Crippen LogP contribution is -2.34. The molecule has 1 rings (SSSR count). The standard InChI is InChI=1S/C16H32N2O2/c1-3-5-6-9-17-10-7-8-11-18(16(19)4-2)13-15-20-14-12-17/h3-15H2,1-2H3. The zero-order valence-electron chi connectivity index (χ0n) is 13.4. The Morgan fingerprint density at radius 1 is 1.00 bits per heavy atom. The van der Waals surface area contributed by atoms with Gasteiger partial charge in [-0.25, -0.2) is 0 Å². The molecule has 1 amide bonds. The Morgan fingerprint density at radius 2 is 1.75 bits per heavy atom. The van der Waals surface area contributed by atoms with Gasteiger partial charge >= 0.3 is 0 Å². The SMILES string of the molecule is CCCCCN1CCCCN(C(=O)CC)CCOCC1. The normalized spacial score (nSPS) is 19.6. The van der Waals surface area contributed by atoms with Crippen LogP contribution in [0.15, 0.2) is 0 Å². The van der Waals surface area contributed by atoms with Crippen LogP contribution in [0.25, 0.3) is 0 Å². The van der Waals surface area contributed by atoms with Crippen molar-refractivity contribution in [2.24, 2.45) is 0 Å². The second-order valence-electron chi connectivity index (χ2n) is 5.60. The van der Waals surface area contributed by atoms with Gasteiger partial charge in [0.05, 0.1) is 13.2 Å².